The molecule has 66 heavy (non-hydrogen) atoms. The number of rotatable bonds is 26. The van der Waals surface area contributed by atoms with Crippen molar-refractivity contribution >= 4 is 0 Å². The van der Waals surface area contributed by atoms with E-state index in [1.807, 2.05) is 196 Å². The molecule has 7 rings (SSSR count). The SMILES string of the molecule is CC[C@@H](OCc1ccccc1)[C@@H](OCc1ccccc1)[C@@](C)(CO[C@H]1O[C@H](COCc2ccccc2)[C@H](OCc2ccccc2)[C@H](OCc2ccccc2)[C@H]1OCc1ccccc1)N=[N+]=[N-]. The first kappa shape index (κ1) is 48.2. The van der Waals surface area contributed by atoms with Crippen molar-refractivity contribution in [2.24, 2.45) is 5.11 Å². The molecule has 6 aromatic rings. The Kier molecular flexibility index (Phi) is 18.9. The van der Waals surface area contributed by atoms with E-state index in [1.54, 1.807) is 0 Å². The standard InChI is InChI=1S/C55H61N3O8/c1-3-48(60-35-43-24-12-5-13-25-43)53(64-39-47-32-20-9-21-33-47)55(2,57-58-56)41-65-54-52(63-38-46-30-18-8-19-31-46)51(62-37-45-28-16-7-17-29-45)50(61-36-44-26-14-6-15-27-44)49(66-54)40-59-34-42-22-10-4-11-23-42/h4-33,48-54H,3,34-41H2,1-2H3/t48-,49-,50+,51+,52-,53-,54+,55-/m1/s1. The Balaban J connectivity index is 1.23. The van der Waals surface area contributed by atoms with Crippen LogP contribution in [0.15, 0.2) is 187 Å². The summed E-state index contributed by atoms with van der Waals surface area (Å²) in [7, 11) is 0. The Labute approximate surface area is 389 Å². The van der Waals surface area contributed by atoms with E-state index in [-0.39, 0.29) is 33.0 Å². The molecular formula is C55H61N3O8. The quantitative estimate of drug-likeness (QED) is 0.0300. The summed E-state index contributed by atoms with van der Waals surface area (Å²) in [5, 5.41) is 4.44. The van der Waals surface area contributed by atoms with Gasteiger partial charge in [0.05, 0.1) is 70.6 Å². The van der Waals surface area contributed by atoms with Crippen LogP contribution in [0.2, 0.25) is 0 Å². The minimum absolute atomic E-state index is 0.115. The van der Waals surface area contributed by atoms with Gasteiger partial charge in [-0.15, -0.1) is 0 Å². The molecule has 6 aromatic carbocycles. The molecule has 0 bridgehead atoms. The molecule has 8 atom stereocenters. The zero-order valence-corrected chi connectivity index (χ0v) is 37.8. The van der Waals surface area contributed by atoms with Gasteiger partial charge in [-0.2, -0.15) is 0 Å². The molecule has 0 radical (unpaired) electrons. The van der Waals surface area contributed by atoms with E-state index in [4.69, 9.17) is 37.9 Å². The molecular weight excluding hydrogens is 831 g/mol. The molecule has 1 heterocycles. The first-order valence-electron chi connectivity index (χ1n) is 22.7. The molecule has 0 saturated carbocycles. The number of hydrogen-bond donors (Lipinski definition) is 0. The minimum Gasteiger partial charge on any atom is -0.374 e. The van der Waals surface area contributed by atoms with E-state index in [2.05, 4.69) is 10.0 Å². The van der Waals surface area contributed by atoms with Crippen molar-refractivity contribution in [2.75, 3.05) is 13.2 Å². The highest BCUT2D eigenvalue weighted by Gasteiger charge is 2.50. The Morgan fingerprint density at radius 1 is 0.515 bits per heavy atom. The Hall–Kier alpha value is -5.69. The van der Waals surface area contributed by atoms with E-state index in [1.165, 1.54) is 0 Å². The molecule has 0 aliphatic carbocycles. The lowest BCUT2D eigenvalue weighted by atomic mass is 9.90. The van der Waals surface area contributed by atoms with Crippen molar-refractivity contribution in [2.45, 2.75) is 108 Å². The fourth-order valence-corrected chi connectivity index (χ4v) is 8.05. The fourth-order valence-electron chi connectivity index (χ4n) is 8.05. The summed E-state index contributed by atoms with van der Waals surface area (Å²) in [4.78, 5) is 3.38. The molecule has 0 N–H and O–H groups in total. The molecule has 1 fully saturated rings. The van der Waals surface area contributed by atoms with E-state index < -0.39 is 48.5 Å². The Morgan fingerprint density at radius 2 is 0.909 bits per heavy atom. The molecule has 1 saturated heterocycles. The van der Waals surface area contributed by atoms with Crippen molar-refractivity contribution in [3.8, 4) is 0 Å². The van der Waals surface area contributed by atoms with Crippen molar-refractivity contribution in [1.29, 1.82) is 0 Å². The average Bonchev–Trinajstić information content (AvgIpc) is 3.37. The van der Waals surface area contributed by atoms with E-state index in [0.29, 0.717) is 26.2 Å². The van der Waals surface area contributed by atoms with Crippen molar-refractivity contribution in [3.05, 3.63) is 226 Å². The predicted octanol–water partition coefficient (Wildman–Crippen LogP) is 11.4. The molecule has 1 aliphatic heterocycles. The smallest absolute Gasteiger partial charge is 0.186 e. The first-order valence-corrected chi connectivity index (χ1v) is 22.7. The highest BCUT2D eigenvalue weighted by Crippen LogP contribution is 2.34. The van der Waals surface area contributed by atoms with Gasteiger partial charge in [0.1, 0.15) is 24.4 Å². The third kappa shape index (κ3) is 14.4. The number of ether oxygens (including phenoxy) is 8. The van der Waals surface area contributed by atoms with Gasteiger partial charge in [0.15, 0.2) is 6.29 Å². The van der Waals surface area contributed by atoms with Crippen LogP contribution in [-0.4, -0.2) is 61.7 Å². The zero-order chi connectivity index (χ0) is 45.7. The van der Waals surface area contributed by atoms with Gasteiger partial charge in [0, 0.05) is 4.91 Å². The van der Waals surface area contributed by atoms with Crippen LogP contribution in [0.25, 0.3) is 10.4 Å². The summed E-state index contributed by atoms with van der Waals surface area (Å²) in [5.41, 5.74) is 14.9. The lowest BCUT2D eigenvalue weighted by Gasteiger charge is -2.47. The Morgan fingerprint density at radius 3 is 1.35 bits per heavy atom. The second-order valence-electron chi connectivity index (χ2n) is 16.6. The summed E-state index contributed by atoms with van der Waals surface area (Å²) in [6.07, 6.45) is -4.56. The Bertz CT molecular complexity index is 2290. The van der Waals surface area contributed by atoms with Crippen LogP contribution >= 0.6 is 0 Å². The molecule has 0 unspecified atom stereocenters. The fraction of sp³-hybridized carbons (Fsp3) is 0.345. The third-order valence-electron chi connectivity index (χ3n) is 11.6. The van der Waals surface area contributed by atoms with Gasteiger partial charge in [-0.25, -0.2) is 0 Å². The van der Waals surface area contributed by atoms with Gasteiger partial charge >= 0.3 is 0 Å². The van der Waals surface area contributed by atoms with E-state index >= 15 is 0 Å². The summed E-state index contributed by atoms with van der Waals surface area (Å²) < 4.78 is 54.4. The topological polar surface area (TPSA) is 123 Å². The molecule has 11 nitrogen and oxygen atoms in total. The van der Waals surface area contributed by atoms with Gasteiger partial charge < -0.3 is 37.9 Å². The highest BCUT2D eigenvalue weighted by atomic mass is 16.7. The zero-order valence-electron chi connectivity index (χ0n) is 37.8. The van der Waals surface area contributed by atoms with E-state index in [9.17, 15) is 5.53 Å². The maximum absolute atomic E-state index is 10.2. The maximum atomic E-state index is 10.2. The van der Waals surface area contributed by atoms with Gasteiger partial charge in [0.2, 0.25) is 0 Å². The van der Waals surface area contributed by atoms with Crippen LogP contribution in [0.1, 0.15) is 53.6 Å². The first-order chi connectivity index (χ1) is 32.5. The monoisotopic (exact) mass is 891 g/mol. The summed E-state index contributed by atoms with van der Waals surface area (Å²) in [6.45, 7) is 5.69. The van der Waals surface area contributed by atoms with Crippen molar-refractivity contribution in [3.63, 3.8) is 0 Å². The number of hydrogen-bond acceptors (Lipinski definition) is 9. The van der Waals surface area contributed by atoms with Gasteiger partial charge in [-0.05, 0) is 52.3 Å². The lowest BCUT2D eigenvalue weighted by molar-refractivity contribution is -0.331. The average molecular weight is 892 g/mol. The molecule has 1 aliphatic rings. The summed E-state index contributed by atoms with van der Waals surface area (Å²) in [6, 6.07) is 59.8. The normalized spacial score (nSPS) is 20.1. The number of benzene rings is 6. The second kappa shape index (κ2) is 25.9. The molecule has 11 heteroatoms. The van der Waals surface area contributed by atoms with Gasteiger partial charge in [-0.1, -0.05) is 194 Å². The number of nitrogens with zero attached hydrogens (tertiary/aromatic N) is 3. The molecule has 344 valence electrons. The highest BCUT2D eigenvalue weighted by molar-refractivity contribution is 5.18. The molecule has 0 aromatic heterocycles. The van der Waals surface area contributed by atoms with Crippen LogP contribution in [0, 0.1) is 0 Å². The summed E-state index contributed by atoms with van der Waals surface area (Å²) in [5.74, 6) is 0. The third-order valence-corrected chi connectivity index (χ3v) is 11.6. The second-order valence-corrected chi connectivity index (χ2v) is 16.6. The van der Waals surface area contributed by atoms with Crippen LogP contribution in [0.5, 0.6) is 0 Å². The molecule has 0 spiro atoms. The van der Waals surface area contributed by atoms with Gasteiger partial charge in [-0.3, -0.25) is 0 Å². The van der Waals surface area contributed by atoms with Crippen LogP contribution in [0.4, 0.5) is 0 Å². The van der Waals surface area contributed by atoms with Crippen LogP contribution < -0.4 is 0 Å². The number of azide groups is 1. The van der Waals surface area contributed by atoms with Gasteiger partial charge in [0.25, 0.3) is 0 Å². The molecule has 0 amide bonds. The lowest BCUT2D eigenvalue weighted by Crippen LogP contribution is -2.62. The summed E-state index contributed by atoms with van der Waals surface area (Å²) >= 11 is 0. The van der Waals surface area contributed by atoms with Crippen molar-refractivity contribution in [1.82, 2.24) is 0 Å². The predicted molar refractivity (Wildman–Crippen MR) is 254 cm³/mol. The van der Waals surface area contributed by atoms with Crippen LogP contribution in [-0.2, 0) is 77.5 Å². The van der Waals surface area contributed by atoms with Crippen LogP contribution in [0.3, 0.4) is 0 Å². The van der Waals surface area contributed by atoms with Crippen molar-refractivity contribution < 1.29 is 37.9 Å². The van der Waals surface area contributed by atoms with E-state index in [0.717, 1.165) is 33.4 Å². The maximum Gasteiger partial charge on any atom is 0.186 e. The minimum atomic E-state index is -1.30. The largest absolute Gasteiger partial charge is 0.374 e.